The van der Waals surface area contributed by atoms with Crippen LogP contribution in [0.3, 0.4) is 0 Å². The summed E-state index contributed by atoms with van der Waals surface area (Å²) in [5.41, 5.74) is 1.06. The van der Waals surface area contributed by atoms with E-state index in [-0.39, 0.29) is 37.4 Å². The third-order valence-corrected chi connectivity index (χ3v) is 7.01. The van der Waals surface area contributed by atoms with Gasteiger partial charge in [0.2, 0.25) is 10.0 Å². The molecule has 162 valence electrons. The summed E-state index contributed by atoms with van der Waals surface area (Å²) in [6.07, 6.45) is -0.441. The molecule has 2 aromatic rings. The zero-order chi connectivity index (χ0) is 21.6. The minimum atomic E-state index is -3.68. The first-order chi connectivity index (χ1) is 14.3. The lowest BCUT2D eigenvalue weighted by atomic mass is 10.1. The van der Waals surface area contributed by atoms with Gasteiger partial charge in [-0.1, -0.05) is 48.5 Å². The fourth-order valence-electron chi connectivity index (χ4n) is 3.47. The molecule has 1 atom stereocenters. The van der Waals surface area contributed by atoms with Gasteiger partial charge in [0.15, 0.2) is 0 Å². The molecule has 7 nitrogen and oxygen atoms in total. The number of carboxylic acid groups (broad SMARTS) is 1. The smallest absolute Gasteiger partial charge is 0.405 e. The van der Waals surface area contributed by atoms with Crippen molar-refractivity contribution in [3.63, 3.8) is 0 Å². The molecule has 9 heteroatoms. The maximum Gasteiger partial charge on any atom is 0.405 e. The third kappa shape index (κ3) is 6.01. The van der Waals surface area contributed by atoms with E-state index in [9.17, 15) is 17.6 Å². The van der Waals surface area contributed by atoms with Gasteiger partial charge in [0.1, 0.15) is 5.82 Å². The summed E-state index contributed by atoms with van der Waals surface area (Å²) in [6, 6.07) is 14.2. The van der Waals surface area contributed by atoms with Crippen molar-refractivity contribution in [2.75, 3.05) is 18.8 Å². The zero-order valence-electron chi connectivity index (χ0n) is 16.4. The van der Waals surface area contributed by atoms with Gasteiger partial charge in [-0.15, -0.1) is 0 Å². The number of carbonyl (C=O) groups is 1. The van der Waals surface area contributed by atoms with E-state index in [4.69, 9.17) is 9.84 Å². The second-order valence-electron chi connectivity index (χ2n) is 7.19. The molecule has 0 unspecified atom stereocenters. The van der Waals surface area contributed by atoms with Crippen LogP contribution in [0.4, 0.5) is 9.18 Å². The van der Waals surface area contributed by atoms with Gasteiger partial charge in [-0.25, -0.2) is 21.9 Å². The highest BCUT2D eigenvalue weighted by Crippen LogP contribution is 2.22. The molecule has 0 aliphatic carbocycles. The highest BCUT2D eigenvalue weighted by atomic mass is 32.2. The van der Waals surface area contributed by atoms with Crippen LogP contribution in [-0.2, 0) is 21.4 Å². The number of halogens is 1. The van der Waals surface area contributed by atoms with Crippen molar-refractivity contribution in [1.82, 2.24) is 9.62 Å². The van der Waals surface area contributed by atoms with E-state index in [1.807, 2.05) is 0 Å². The average Bonchev–Trinajstić information content (AvgIpc) is 2.73. The molecule has 1 heterocycles. The van der Waals surface area contributed by atoms with Crippen LogP contribution < -0.4 is 5.32 Å². The Bertz CT molecular complexity index is 947. The number of sulfonamides is 1. The van der Waals surface area contributed by atoms with E-state index in [0.717, 1.165) is 0 Å². The topological polar surface area (TPSA) is 95.9 Å². The largest absolute Gasteiger partial charge is 0.465 e. The first-order valence-electron chi connectivity index (χ1n) is 9.72. The number of nitrogens with one attached hydrogen (secondary N) is 1. The Hall–Kier alpha value is -2.49. The first-order valence-corrected chi connectivity index (χ1v) is 11.3. The van der Waals surface area contributed by atoms with Crippen molar-refractivity contribution in [2.45, 2.75) is 31.6 Å². The molecule has 0 radical (unpaired) electrons. The lowest BCUT2D eigenvalue weighted by Gasteiger charge is -2.32. The predicted octanol–water partition coefficient (Wildman–Crippen LogP) is 3.15. The summed E-state index contributed by atoms with van der Waals surface area (Å²) >= 11 is 0. The number of amides is 1. The van der Waals surface area contributed by atoms with E-state index in [1.165, 1.54) is 10.4 Å². The molecule has 0 spiro atoms. The molecule has 0 saturated carbocycles. The first kappa shape index (κ1) is 22.2. The molecular formula is C21H25FN2O5S. The summed E-state index contributed by atoms with van der Waals surface area (Å²) < 4.78 is 46.6. The Morgan fingerprint density at radius 1 is 1.13 bits per heavy atom. The number of rotatable bonds is 8. The number of ether oxygens (including phenoxy) is 1. The average molecular weight is 437 g/mol. The Morgan fingerprint density at radius 3 is 2.40 bits per heavy atom. The molecule has 30 heavy (non-hydrogen) atoms. The van der Waals surface area contributed by atoms with E-state index in [1.54, 1.807) is 48.5 Å². The Morgan fingerprint density at radius 2 is 1.77 bits per heavy atom. The quantitative estimate of drug-likeness (QED) is 0.663. The second-order valence-corrected chi connectivity index (χ2v) is 9.21. The highest BCUT2D eigenvalue weighted by molar-refractivity contribution is 7.89. The maximum atomic E-state index is 13.7. The van der Waals surface area contributed by atoms with Crippen molar-refractivity contribution in [2.24, 2.45) is 0 Å². The van der Waals surface area contributed by atoms with Gasteiger partial charge in [0.05, 0.1) is 24.5 Å². The van der Waals surface area contributed by atoms with Gasteiger partial charge in [-0.05, 0) is 24.5 Å². The molecule has 1 aliphatic heterocycles. The molecule has 0 bridgehead atoms. The van der Waals surface area contributed by atoms with Gasteiger partial charge in [-0.3, -0.25) is 0 Å². The van der Waals surface area contributed by atoms with Crippen LogP contribution in [0.1, 0.15) is 30.0 Å². The third-order valence-electron chi connectivity index (χ3n) is 5.10. The number of benzene rings is 2. The summed E-state index contributed by atoms with van der Waals surface area (Å²) in [6.45, 7) is 0.695. The van der Waals surface area contributed by atoms with Crippen molar-refractivity contribution in [3.8, 4) is 0 Å². The molecule has 1 aliphatic rings. The van der Waals surface area contributed by atoms with Gasteiger partial charge >= 0.3 is 6.09 Å². The van der Waals surface area contributed by atoms with E-state index in [0.29, 0.717) is 24.0 Å². The molecule has 2 aromatic carbocycles. The summed E-state index contributed by atoms with van der Waals surface area (Å²) in [5.74, 6) is -0.681. The summed E-state index contributed by atoms with van der Waals surface area (Å²) in [7, 11) is -3.68. The van der Waals surface area contributed by atoms with Gasteiger partial charge in [0, 0.05) is 18.7 Å². The van der Waals surface area contributed by atoms with Crippen LogP contribution in [-0.4, -0.2) is 48.9 Å². The van der Waals surface area contributed by atoms with Gasteiger partial charge in [-0.2, -0.15) is 0 Å². The number of hydrogen-bond acceptors (Lipinski definition) is 4. The van der Waals surface area contributed by atoms with E-state index < -0.39 is 22.2 Å². The SMILES string of the molecule is O=C(O)N[C@@H](CS(=O)(=O)N1CCC(OCc2ccccc2F)CC1)c1ccccc1. The lowest BCUT2D eigenvalue weighted by Crippen LogP contribution is -2.44. The standard InChI is InChI=1S/C21H25FN2O5S/c22-19-9-5-4-8-17(19)14-29-18-10-12-24(13-11-18)30(27,28)15-20(23-21(25)26)16-6-2-1-3-7-16/h1-9,18,20,23H,10-15H2,(H,25,26)/t20-/m0/s1. The number of nitrogens with zero attached hydrogens (tertiary/aromatic N) is 1. The van der Waals surface area contributed by atoms with Crippen molar-refractivity contribution >= 4 is 16.1 Å². The minimum Gasteiger partial charge on any atom is -0.465 e. The number of hydrogen-bond donors (Lipinski definition) is 2. The van der Waals surface area contributed by atoms with Crippen LogP contribution in [0.5, 0.6) is 0 Å². The second kappa shape index (κ2) is 10.0. The van der Waals surface area contributed by atoms with Crippen LogP contribution in [0.2, 0.25) is 0 Å². The zero-order valence-corrected chi connectivity index (χ0v) is 17.2. The molecular weight excluding hydrogens is 411 g/mol. The molecule has 1 fully saturated rings. The van der Waals surface area contributed by atoms with Gasteiger partial charge < -0.3 is 15.2 Å². The minimum absolute atomic E-state index is 0.142. The molecule has 3 rings (SSSR count). The van der Waals surface area contributed by atoms with Crippen LogP contribution in [0, 0.1) is 5.82 Å². The van der Waals surface area contributed by atoms with Crippen LogP contribution in [0.15, 0.2) is 54.6 Å². The summed E-state index contributed by atoms with van der Waals surface area (Å²) in [5, 5.41) is 11.4. The Kier molecular flexibility index (Phi) is 7.41. The highest BCUT2D eigenvalue weighted by Gasteiger charge is 2.31. The van der Waals surface area contributed by atoms with E-state index >= 15 is 0 Å². The van der Waals surface area contributed by atoms with Crippen LogP contribution >= 0.6 is 0 Å². The fraction of sp³-hybridized carbons (Fsp3) is 0.381. The van der Waals surface area contributed by atoms with E-state index in [2.05, 4.69) is 5.32 Å². The van der Waals surface area contributed by atoms with Gasteiger partial charge in [0.25, 0.3) is 0 Å². The predicted molar refractivity (Wildman–Crippen MR) is 110 cm³/mol. The molecule has 1 saturated heterocycles. The Labute approximate surface area is 175 Å². The monoisotopic (exact) mass is 436 g/mol. The Balaban J connectivity index is 1.56. The van der Waals surface area contributed by atoms with Crippen molar-refractivity contribution in [3.05, 3.63) is 71.5 Å². The maximum absolute atomic E-state index is 13.7. The normalized spacial score (nSPS) is 16.8. The lowest BCUT2D eigenvalue weighted by molar-refractivity contribution is 0.00901. The molecule has 1 amide bonds. The van der Waals surface area contributed by atoms with Crippen LogP contribution in [0.25, 0.3) is 0 Å². The van der Waals surface area contributed by atoms with Crippen molar-refractivity contribution < 1.29 is 27.4 Å². The molecule has 0 aromatic heterocycles. The van der Waals surface area contributed by atoms with Crippen molar-refractivity contribution in [1.29, 1.82) is 0 Å². The molecule has 2 N–H and O–H groups in total. The number of piperidine rings is 1. The fourth-order valence-corrected chi connectivity index (χ4v) is 5.15. The summed E-state index contributed by atoms with van der Waals surface area (Å²) in [4.78, 5) is 11.1.